The number of fused-ring (bicyclic) bond motifs is 6. The van der Waals surface area contributed by atoms with E-state index in [9.17, 15) is 0 Å². The number of rotatable bonds is 0. The maximum Gasteiger partial charge on any atom is 0.234 e. The van der Waals surface area contributed by atoms with Crippen molar-refractivity contribution >= 4 is 55.1 Å². The first-order chi connectivity index (χ1) is 10.0. The van der Waals surface area contributed by atoms with Gasteiger partial charge in [-0.2, -0.15) is 0 Å². The smallest absolute Gasteiger partial charge is 0.234 e. The highest BCUT2D eigenvalue weighted by molar-refractivity contribution is 9.11. The number of benzene rings is 2. The van der Waals surface area contributed by atoms with Crippen molar-refractivity contribution in [2.75, 3.05) is 0 Å². The molecule has 2 unspecified atom stereocenters. The summed E-state index contributed by atoms with van der Waals surface area (Å²) in [7, 11) is 0. The fourth-order valence-electron chi connectivity index (χ4n) is 2.41. The van der Waals surface area contributed by atoms with Gasteiger partial charge >= 0.3 is 0 Å². The molecule has 0 saturated carbocycles. The van der Waals surface area contributed by atoms with Gasteiger partial charge in [0.05, 0.1) is 20.1 Å². The van der Waals surface area contributed by atoms with Crippen molar-refractivity contribution in [3.05, 3.63) is 54.4 Å². The summed E-state index contributed by atoms with van der Waals surface area (Å²) < 4.78 is 19.2. The summed E-state index contributed by atoms with van der Waals surface area (Å²) in [5.41, 5.74) is 1.50. The molecule has 108 valence electrons. The highest BCUT2D eigenvalue weighted by atomic mass is 79.9. The van der Waals surface area contributed by atoms with E-state index in [-0.39, 0.29) is 0 Å². The van der Waals surface area contributed by atoms with Crippen molar-refractivity contribution < 1.29 is 14.2 Å². The van der Waals surface area contributed by atoms with Gasteiger partial charge in [-0.25, -0.2) is 0 Å². The molecule has 2 bridgehead atoms. The van der Waals surface area contributed by atoms with Crippen LogP contribution in [0.15, 0.2) is 33.2 Å². The van der Waals surface area contributed by atoms with Crippen molar-refractivity contribution in [1.29, 1.82) is 0 Å². The van der Waals surface area contributed by atoms with E-state index in [4.69, 9.17) is 37.4 Å². The lowest BCUT2D eigenvalue weighted by Gasteiger charge is -2.38. The molecular formula is C14H6Br2Cl2O3. The van der Waals surface area contributed by atoms with Gasteiger partial charge in [0, 0.05) is 10.0 Å². The van der Waals surface area contributed by atoms with Crippen LogP contribution in [-0.2, 0) is 4.74 Å². The van der Waals surface area contributed by atoms with Crippen LogP contribution >= 0.6 is 55.1 Å². The molecule has 2 aliphatic rings. The zero-order valence-electron chi connectivity index (χ0n) is 10.2. The van der Waals surface area contributed by atoms with Crippen molar-refractivity contribution in [2.24, 2.45) is 0 Å². The Morgan fingerprint density at radius 1 is 0.762 bits per heavy atom. The van der Waals surface area contributed by atoms with Gasteiger partial charge in [-0.3, -0.25) is 4.74 Å². The van der Waals surface area contributed by atoms with Crippen LogP contribution in [0.5, 0.6) is 11.5 Å². The first-order valence-electron chi connectivity index (χ1n) is 5.99. The van der Waals surface area contributed by atoms with Crippen LogP contribution < -0.4 is 9.47 Å². The molecule has 0 amide bonds. The highest BCUT2D eigenvalue weighted by Crippen LogP contribution is 2.52. The van der Waals surface area contributed by atoms with Crippen molar-refractivity contribution in [1.82, 2.24) is 0 Å². The maximum absolute atomic E-state index is 6.09. The molecule has 0 fully saturated rings. The third kappa shape index (κ3) is 2.26. The molecule has 4 rings (SSSR count). The maximum atomic E-state index is 6.09. The zero-order valence-corrected chi connectivity index (χ0v) is 14.9. The summed E-state index contributed by atoms with van der Waals surface area (Å²) >= 11 is 19.1. The molecular weight excluding hydrogens is 447 g/mol. The second kappa shape index (κ2) is 5.03. The third-order valence-corrected chi connectivity index (χ3v) is 4.89. The minimum Gasteiger partial charge on any atom is -0.459 e. The predicted molar refractivity (Wildman–Crippen MR) is 86.1 cm³/mol. The summed E-state index contributed by atoms with van der Waals surface area (Å²) in [6, 6.07) is 7.10. The Morgan fingerprint density at radius 3 is 1.62 bits per heavy atom. The van der Waals surface area contributed by atoms with E-state index >= 15 is 0 Å². The Hall–Kier alpha value is -0.460. The Morgan fingerprint density at radius 2 is 1.19 bits per heavy atom. The van der Waals surface area contributed by atoms with Crippen LogP contribution in [0, 0.1) is 0 Å². The second-order valence-electron chi connectivity index (χ2n) is 4.65. The summed E-state index contributed by atoms with van der Waals surface area (Å²) in [6.45, 7) is 0. The highest BCUT2D eigenvalue weighted by Gasteiger charge is 2.40. The molecule has 21 heavy (non-hydrogen) atoms. The van der Waals surface area contributed by atoms with E-state index < -0.39 is 12.6 Å². The van der Waals surface area contributed by atoms with Crippen LogP contribution in [0.25, 0.3) is 0 Å². The van der Waals surface area contributed by atoms with Gasteiger partial charge in [0.25, 0.3) is 0 Å². The largest absolute Gasteiger partial charge is 0.459 e. The minimum atomic E-state index is -0.571. The third-order valence-electron chi connectivity index (χ3n) is 3.28. The molecule has 2 aromatic carbocycles. The van der Waals surface area contributed by atoms with Gasteiger partial charge in [-0.1, -0.05) is 23.2 Å². The minimum absolute atomic E-state index is 0.571. The van der Waals surface area contributed by atoms with Crippen LogP contribution in [0.3, 0.4) is 0 Å². The average Bonchev–Trinajstić information content (AvgIpc) is 2.41. The molecule has 7 heteroatoms. The normalized spacial score (nSPS) is 21.9. The molecule has 0 aliphatic carbocycles. The molecule has 0 N–H and O–H groups in total. The zero-order chi connectivity index (χ0) is 14.7. The van der Waals surface area contributed by atoms with Gasteiger partial charge in [-0.15, -0.1) is 0 Å². The molecule has 2 aromatic rings. The lowest BCUT2D eigenvalue weighted by Crippen LogP contribution is -2.30. The molecule has 0 aromatic heterocycles. The molecule has 0 radical (unpaired) electrons. The van der Waals surface area contributed by atoms with E-state index in [1.54, 1.807) is 24.3 Å². The molecule has 2 aliphatic heterocycles. The van der Waals surface area contributed by atoms with Gasteiger partial charge in [-0.05, 0) is 56.1 Å². The van der Waals surface area contributed by atoms with Gasteiger partial charge < -0.3 is 9.47 Å². The van der Waals surface area contributed by atoms with Gasteiger partial charge in [0.2, 0.25) is 12.6 Å². The monoisotopic (exact) mass is 450 g/mol. The van der Waals surface area contributed by atoms with Crippen LogP contribution in [-0.4, -0.2) is 0 Å². The van der Waals surface area contributed by atoms with E-state index in [0.29, 0.717) is 21.5 Å². The van der Waals surface area contributed by atoms with Gasteiger partial charge in [0.15, 0.2) is 0 Å². The lowest BCUT2D eigenvalue weighted by molar-refractivity contribution is -0.228. The number of hydrogen-bond donors (Lipinski definition) is 0. The summed E-state index contributed by atoms with van der Waals surface area (Å²) in [4.78, 5) is 0. The van der Waals surface area contributed by atoms with Crippen molar-refractivity contribution in [2.45, 2.75) is 12.6 Å². The fraction of sp³-hybridized carbons (Fsp3) is 0.143. The SMILES string of the molecule is Clc1cc(Br)c2c(c1)C1Oc3c(Br)cc(Cl)cc3C(O2)O1. The van der Waals surface area contributed by atoms with E-state index in [1.807, 2.05) is 0 Å². The fourth-order valence-corrected chi connectivity index (χ4v) is 4.27. The Kier molecular flexibility index (Phi) is 3.39. The standard InChI is InChI=1S/C14H6Br2Cl2O3/c15-9-3-5(17)1-7-11(9)19-14-8-2-6(18)4-10(16)12(8)20-13(7)21-14/h1-4,13-14H. The first kappa shape index (κ1) is 14.2. The van der Waals surface area contributed by atoms with Crippen LogP contribution in [0.1, 0.15) is 23.7 Å². The molecule has 3 nitrogen and oxygen atoms in total. The van der Waals surface area contributed by atoms with Crippen molar-refractivity contribution in [3.63, 3.8) is 0 Å². The predicted octanol–water partition coefficient (Wildman–Crippen LogP) is 6.02. The summed E-state index contributed by atoms with van der Waals surface area (Å²) in [5.74, 6) is 1.34. The van der Waals surface area contributed by atoms with Crippen LogP contribution in [0.4, 0.5) is 0 Å². The molecule has 2 heterocycles. The number of ether oxygens (including phenoxy) is 3. The molecule has 0 spiro atoms. The lowest BCUT2D eigenvalue weighted by atomic mass is 10.1. The summed E-state index contributed by atoms with van der Waals surface area (Å²) in [5, 5.41) is 1.16. The number of halogens is 4. The number of hydrogen-bond acceptors (Lipinski definition) is 3. The van der Waals surface area contributed by atoms with Crippen LogP contribution in [0.2, 0.25) is 10.0 Å². The first-order valence-corrected chi connectivity index (χ1v) is 8.34. The van der Waals surface area contributed by atoms with Crippen molar-refractivity contribution in [3.8, 4) is 11.5 Å². The van der Waals surface area contributed by atoms with E-state index in [0.717, 1.165) is 20.1 Å². The molecule has 2 atom stereocenters. The molecule has 0 saturated heterocycles. The van der Waals surface area contributed by atoms with E-state index in [1.165, 1.54) is 0 Å². The topological polar surface area (TPSA) is 27.7 Å². The average molecular weight is 453 g/mol. The quantitative estimate of drug-likeness (QED) is 0.489. The Bertz CT molecular complexity index is 703. The van der Waals surface area contributed by atoms with Gasteiger partial charge in [0.1, 0.15) is 11.5 Å². The second-order valence-corrected chi connectivity index (χ2v) is 7.23. The Labute approximate surface area is 147 Å². The van der Waals surface area contributed by atoms with E-state index in [2.05, 4.69) is 31.9 Å². The Balaban J connectivity index is 1.89. The summed E-state index contributed by atoms with van der Waals surface area (Å²) in [6.07, 6.45) is -1.14.